The molecule has 4 nitrogen and oxygen atoms in total. The van der Waals surface area contributed by atoms with Gasteiger partial charge in [0.15, 0.2) is 0 Å². The molecule has 0 saturated carbocycles. The van der Waals surface area contributed by atoms with Gasteiger partial charge in [0.2, 0.25) is 5.91 Å². The van der Waals surface area contributed by atoms with Crippen LogP contribution in [0.2, 0.25) is 0 Å². The van der Waals surface area contributed by atoms with Crippen molar-refractivity contribution in [3.05, 3.63) is 0 Å². The molecule has 0 aliphatic carbocycles. The molecular weight excluding hydrogens is 176 g/mol. The zero-order chi connectivity index (χ0) is 9.23. The summed E-state index contributed by atoms with van der Waals surface area (Å²) in [5.41, 5.74) is 2.09. The lowest BCUT2D eigenvalue weighted by Gasteiger charge is -2.00. The molecule has 0 aromatic rings. The molecule has 0 aliphatic heterocycles. The summed E-state index contributed by atoms with van der Waals surface area (Å²) in [5.74, 6) is 6.66. The maximum atomic E-state index is 10.6. The third-order valence-corrected chi connectivity index (χ3v) is 2.34. The van der Waals surface area contributed by atoms with E-state index < -0.39 is 0 Å². The molecule has 0 fully saturated rings. The number of carbonyl (C=O) groups is 1. The number of methoxy groups -OCH3 is 1. The highest BCUT2D eigenvalue weighted by atomic mass is 32.2. The van der Waals surface area contributed by atoms with Crippen molar-refractivity contribution in [3.8, 4) is 0 Å². The van der Waals surface area contributed by atoms with Gasteiger partial charge in [-0.1, -0.05) is 0 Å². The summed E-state index contributed by atoms with van der Waals surface area (Å²) in [6.07, 6.45) is 1.53. The maximum Gasteiger partial charge on any atom is 0.234 e. The Hall–Kier alpha value is -0.260. The van der Waals surface area contributed by atoms with Gasteiger partial charge in [-0.3, -0.25) is 10.2 Å². The van der Waals surface area contributed by atoms with E-state index in [0.29, 0.717) is 6.42 Å². The van der Waals surface area contributed by atoms with Crippen molar-refractivity contribution in [3.63, 3.8) is 0 Å². The van der Waals surface area contributed by atoms with Crippen LogP contribution in [0.3, 0.4) is 0 Å². The summed E-state index contributed by atoms with van der Waals surface area (Å²) in [6, 6.07) is 0. The van der Waals surface area contributed by atoms with Crippen molar-refractivity contribution >= 4 is 17.7 Å². The number of nitrogens with two attached hydrogens (primary N) is 1. The smallest absolute Gasteiger partial charge is 0.234 e. The quantitative estimate of drug-likeness (QED) is 0.260. The number of hydrogen-bond acceptors (Lipinski definition) is 4. The molecule has 0 heterocycles. The van der Waals surface area contributed by atoms with Crippen LogP contribution in [0.5, 0.6) is 0 Å². The van der Waals surface area contributed by atoms with Crippen LogP contribution in [0.4, 0.5) is 0 Å². The molecule has 72 valence electrons. The van der Waals surface area contributed by atoms with E-state index in [1.165, 1.54) is 0 Å². The van der Waals surface area contributed by atoms with Crippen molar-refractivity contribution in [2.45, 2.75) is 12.8 Å². The summed E-state index contributed by atoms with van der Waals surface area (Å²) >= 11 is 1.74. The van der Waals surface area contributed by atoms with E-state index in [9.17, 15) is 4.79 Å². The molecule has 3 N–H and O–H groups in total. The lowest BCUT2D eigenvalue weighted by atomic mass is 10.5. The van der Waals surface area contributed by atoms with Gasteiger partial charge >= 0.3 is 0 Å². The minimum atomic E-state index is -0.103. The van der Waals surface area contributed by atoms with Gasteiger partial charge in [-0.05, 0) is 12.2 Å². The van der Waals surface area contributed by atoms with Crippen LogP contribution in [0.15, 0.2) is 0 Å². The minimum Gasteiger partial charge on any atom is -0.385 e. The van der Waals surface area contributed by atoms with E-state index in [1.54, 1.807) is 18.9 Å². The first-order chi connectivity index (χ1) is 5.81. The second-order valence-electron chi connectivity index (χ2n) is 2.28. The maximum absolute atomic E-state index is 10.6. The lowest BCUT2D eigenvalue weighted by Crippen LogP contribution is -2.30. The molecule has 0 atom stereocenters. The zero-order valence-electron chi connectivity index (χ0n) is 7.34. The van der Waals surface area contributed by atoms with Crippen LogP contribution in [0, 0.1) is 0 Å². The number of nitrogens with one attached hydrogen (secondary N) is 1. The molecular formula is C7H16N2O2S. The van der Waals surface area contributed by atoms with E-state index in [2.05, 4.69) is 5.43 Å². The van der Waals surface area contributed by atoms with Gasteiger partial charge in [-0.25, -0.2) is 5.84 Å². The molecule has 12 heavy (non-hydrogen) atoms. The number of rotatable bonds is 7. The Morgan fingerprint density at radius 3 is 2.92 bits per heavy atom. The van der Waals surface area contributed by atoms with Gasteiger partial charge in [0.25, 0.3) is 0 Å². The summed E-state index contributed by atoms with van der Waals surface area (Å²) < 4.78 is 4.88. The molecule has 0 spiro atoms. The van der Waals surface area contributed by atoms with E-state index in [4.69, 9.17) is 10.6 Å². The van der Waals surface area contributed by atoms with Crippen molar-refractivity contribution in [1.29, 1.82) is 0 Å². The fourth-order valence-corrected chi connectivity index (χ4v) is 1.50. The van der Waals surface area contributed by atoms with E-state index in [0.717, 1.165) is 24.5 Å². The van der Waals surface area contributed by atoms with Crippen LogP contribution in [-0.4, -0.2) is 31.1 Å². The van der Waals surface area contributed by atoms with Gasteiger partial charge in [-0.15, -0.1) is 0 Å². The van der Waals surface area contributed by atoms with Crippen LogP contribution >= 0.6 is 11.8 Å². The predicted molar refractivity (Wildman–Crippen MR) is 50.8 cm³/mol. The Morgan fingerprint density at radius 1 is 1.58 bits per heavy atom. The Morgan fingerprint density at radius 2 is 2.33 bits per heavy atom. The van der Waals surface area contributed by atoms with E-state index in [1.807, 2.05) is 0 Å². The summed E-state index contributed by atoms with van der Waals surface area (Å²) in [7, 11) is 1.69. The van der Waals surface area contributed by atoms with Crippen LogP contribution in [-0.2, 0) is 9.53 Å². The molecule has 5 heteroatoms. The molecule has 0 saturated heterocycles. The van der Waals surface area contributed by atoms with Gasteiger partial charge in [0.05, 0.1) is 0 Å². The van der Waals surface area contributed by atoms with Gasteiger partial charge in [-0.2, -0.15) is 11.8 Å². The van der Waals surface area contributed by atoms with Crippen molar-refractivity contribution < 1.29 is 9.53 Å². The SMILES string of the molecule is COCCCSCCC(=O)NN. The van der Waals surface area contributed by atoms with Gasteiger partial charge in [0.1, 0.15) is 0 Å². The van der Waals surface area contributed by atoms with Gasteiger partial charge in [0, 0.05) is 25.9 Å². The van der Waals surface area contributed by atoms with Crippen molar-refractivity contribution in [2.24, 2.45) is 5.84 Å². The first kappa shape index (κ1) is 11.7. The Balaban J connectivity index is 2.95. The molecule has 1 amide bonds. The largest absolute Gasteiger partial charge is 0.385 e. The Labute approximate surface area is 77.2 Å². The summed E-state index contributed by atoms with van der Waals surface area (Å²) in [5, 5.41) is 0. The first-order valence-electron chi connectivity index (χ1n) is 3.87. The standard InChI is InChI=1S/C7H16N2O2S/c1-11-4-2-5-12-6-3-7(10)9-8/h2-6,8H2,1H3,(H,9,10). The van der Waals surface area contributed by atoms with Crippen molar-refractivity contribution in [2.75, 3.05) is 25.2 Å². The minimum absolute atomic E-state index is 0.103. The molecule has 0 unspecified atom stereocenters. The number of hydrogen-bond donors (Lipinski definition) is 2. The molecule has 0 aromatic carbocycles. The molecule has 0 rings (SSSR count). The van der Waals surface area contributed by atoms with Crippen molar-refractivity contribution in [1.82, 2.24) is 5.43 Å². The first-order valence-corrected chi connectivity index (χ1v) is 5.03. The highest BCUT2D eigenvalue weighted by molar-refractivity contribution is 7.99. The van der Waals surface area contributed by atoms with Gasteiger partial charge < -0.3 is 4.74 Å². The number of hydrazine groups is 1. The third kappa shape index (κ3) is 7.84. The molecule has 0 aromatic heterocycles. The van der Waals surface area contributed by atoms with E-state index >= 15 is 0 Å². The zero-order valence-corrected chi connectivity index (χ0v) is 8.15. The number of thioether (sulfide) groups is 1. The van der Waals surface area contributed by atoms with Crippen LogP contribution < -0.4 is 11.3 Å². The summed E-state index contributed by atoms with van der Waals surface area (Å²) in [4.78, 5) is 10.6. The second kappa shape index (κ2) is 8.83. The normalized spacial score (nSPS) is 9.83. The summed E-state index contributed by atoms with van der Waals surface area (Å²) in [6.45, 7) is 0.788. The number of ether oxygens (including phenoxy) is 1. The molecule has 0 aliphatic rings. The van der Waals surface area contributed by atoms with E-state index in [-0.39, 0.29) is 5.91 Å². The molecule has 0 bridgehead atoms. The fraction of sp³-hybridized carbons (Fsp3) is 0.857. The fourth-order valence-electron chi connectivity index (χ4n) is 0.644. The predicted octanol–water partition coefficient (Wildman–Crippen LogP) is 0.136. The Kier molecular flexibility index (Phi) is 8.64. The van der Waals surface area contributed by atoms with Crippen LogP contribution in [0.25, 0.3) is 0 Å². The highest BCUT2D eigenvalue weighted by Gasteiger charge is 1.96. The van der Waals surface area contributed by atoms with Crippen LogP contribution in [0.1, 0.15) is 12.8 Å². The average molecular weight is 192 g/mol. The topological polar surface area (TPSA) is 64.3 Å². The monoisotopic (exact) mass is 192 g/mol. The average Bonchev–Trinajstić information content (AvgIpc) is 2.10. The Bertz CT molecular complexity index is 122. The highest BCUT2D eigenvalue weighted by Crippen LogP contribution is 2.03. The third-order valence-electron chi connectivity index (χ3n) is 1.27. The lowest BCUT2D eigenvalue weighted by molar-refractivity contribution is -0.120. The number of carbonyl (C=O) groups excluding carboxylic acids is 1. The second-order valence-corrected chi connectivity index (χ2v) is 3.50. The number of amides is 1. The molecule has 0 radical (unpaired) electrons.